The Morgan fingerprint density at radius 1 is 1.18 bits per heavy atom. The van der Waals surface area contributed by atoms with E-state index < -0.39 is 0 Å². The molecule has 2 atom stereocenters. The third-order valence-electron chi connectivity index (χ3n) is 6.75. The topological polar surface area (TPSA) is 51.5 Å². The molecule has 5 rings (SSSR count). The van der Waals surface area contributed by atoms with Gasteiger partial charge in [-0.25, -0.2) is 0 Å². The van der Waals surface area contributed by atoms with Crippen LogP contribution in [0.3, 0.4) is 0 Å². The number of aryl methyl sites for hydroxylation is 1. The van der Waals surface area contributed by atoms with Crippen LogP contribution in [-0.2, 0) is 29.7 Å². The van der Waals surface area contributed by atoms with Gasteiger partial charge in [0.25, 0.3) is 5.56 Å². The second kappa shape index (κ2) is 6.59. The Morgan fingerprint density at radius 2 is 1.96 bits per heavy atom. The fraction of sp³-hybridized carbons (Fsp3) is 0.478. The van der Waals surface area contributed by atoms with Gasteiger partial charge in [-0.15, -0.1) is 0 Å². The number of benzene rings is 1. The maximum Gasteiger partial charge on any atom is 0.250 e. The lowest BCUT2D eigenvalue weighted by Crippen LogP contribution is -2.26. The zero-order valence-electron chi connectivity index (χ0n) is 16.5. The van der Waals surface area contributed by atoms with Crippen LogP contribution in [0.4, 0.5) is 0 Å². The maximum atomic E-state index is 12.9. The summed E-state index contributed by atoms with van der Waals surface area (Å²) in [6.45, 7) is 4.80. The summed E-state index contributed by atoms with van der Waals surface area (Å²) in [6.07, 6.45) is 1.69. The molecule has 146 valence electrons. The van der Waals surface area contributed by atoms with Gasteiger partial charge in [-0.1, -0.05) is 24.3 Å². The van der Waals surface area contributed by atoms with Crippen molar-refractivity contribution in [3.05, 3.63) is 68.6 Å². The molecule has 2 aliphatic heterocycles. The first-order valence-electron chi connectivity index (χ1n) is 10.1. The van der Waals surface area contributed by atoms with Crippen LogP contribution < -0.4 is 5.56 Å². The number of ether oxygens (including phenoxy) is 1. The highest BCUT2D eigenvalue weighted by molar-refractivity contribution is 5.77. The molecule has 1 saturated heterocycles. The van der Waals surface area contributed by atoms with Crippen molar-refractivity contribution < 1.29 is 9.53 Å². The Balaban J connectivity index is 1.24. The highest BCUT2D eigenvalue weighted by Gasteiger charge is 2.41. The summed E-state index contributed by atoms with van der Waals surface area (Å²) < 4.78 is 7.00. The molecule has 0 spiro atoms. The van der Waals surface area contributed by atoms with E-state index in [9.17, 15) is 9.59 Å². The van der Waals surface area contributed by atoms with Crippen molar-refractivity contribution >= 4 is 5.91 Å². The predicted molar refractivity (Wildman–Crippen MR) is 106 cm³/mol. The molecule has 28 heavy (non-hydrogen) atoms. The monoisotopic (exact) mass is 378 g/mol. The molecule has 5 nitrogen and oxygen atoms in total. The Labute approximate surface area is 164 Å². The van der Waals surface area contributed by atoms with Crippen LogP contribution in [-0.4, -0.2) is 28.6 Å². The molecule has 2 aromatic rings. The number of carbonyl (C=O) groups excluding carboxylic acids is 1. The van der Waals surface area contributed by atoms with E-state index in [-0.39, 0.29) is 11.5 Å². The van der Waals surface area contributed by atoms with Gasteiger partial charge in [0, 0.05) is 37.7 Å². The molecule has 3 heterocycles. The number of hydrogen-bond acceptors (Lipinski definition) is 3. The van der Waals surface area contributed by atoms with E-state index in [2.05, 4.69) is 24.3 Å². The minimum Gasteiger partial charge on any atom is -0.380 e. The average Bonchev–Trinajstić information content (AvgIpc) is 3.23. The summed E-state index contributed by atoms with van der Waals surface area (Å²) in [6, 6.07) is 10.5. The summed E-state index contributed by atoms with van der Waals surface area (Å²) in [5, 5.41) is 0. The molecule has 1 amide bonds. The van der Waals surface area contributed by atoms with Crippen molar-refractivity contribution in [2.24, 2.45) is 13.0 Å². The van der Waals surface area contributed by atoms with Gasteiger partial charge >= 0.3 is 0 Å². The summed E-state index contributed by atoms with van der Waals surface area (Å²) in [4.78, 5) is 26.8. The van der Waals surface area contributed by atoms with Gasteiger partial charge in [0.05, 0.1) is 19.8 Å². The van der Waals surface area contributed by atoms with Crippen LogP contribution in [0.1, 0.15) is 52.6 Å². The molecule has 0 N–H and O–H groups in total. The maximum absolute atomic E-state index is 12.9. The molecular formula is C23H26N2O3. The summed E-state index contributed by atoms with van der Waals surface area (Å²) in [5.41, 5.74) is 5.86. The standard InChI is InChI=1S/C23H26N2O3/c1-14-6-22(26)24(2)21-11-25(10-20(14)21)23(27)9-17-8-19(17)16-5-3-4-15(7-16)18-12-28-13-18/h3-7,17-19H,8-13H2,1-2H3. The van der Waals surface area contributed by atoms with E-state index in [1.54, 1.807) is 17.7 Å². The second-order valence-corrected chi connectivity index (χ2v) is 8.61. The third kappa shape index (κ3) is 2.98. The lowest BCUT2D eigenvalue weighted by Gasteiger charge is -2.26. The van der Waals surface area contributed by atoms with Crippen molar-refractivity contribution in [1.82, 2.24) is 9.47 Å². The highest BCUT2D eigenvalue weighted by Crippen LogP contribution is 2.50. The van der Waals surface area contributed by atoms with E-state index in [4.69, 9.17) is 4.74 Å². The number of pyridine rings is 1. The van der Waals surface area contributed by atoms with Gasteiger partial charge in [-0.05, 0) is 47.4 Å². The number of hydrogen-bond donors (Lipinski definition) is 0. The van der Waals surface area contributed by atoms with Crippen LogP contribution in [0.2, 0.25) is 0 Å². The van der Waals surface area contributed by atoms with Crippen LogP contribution in [0, 0.1) is 12.8 Å². The van der Waals surface area contributed by atoms with Crippen molar-refractivity contribution in [3.8, 4) is 0 Å². The van der Waals surface area contributed by atoms with Gasteiger partial charge in [0.1, 0.15) is 0 Å². The van der Waals surface area contributed by atoms with Crippen molar-refractivity contribution in [3.63, 3.8) is 0 Å². The van der Waals surface area contributed by atoms with Crippen LogP contribution >= 0.6 is 0 Å². The van der Waals surface area contributed by atoms with Gasteiger partial charge < -0.3 is 14.2 Å². The average molecular weight is 378 g/mol. The molecule has 1 aromatic carbocycles. The highest BCUT2D eigenvalue weighted by atomic mass is 16.5. The summed E-state index contributed by atoms with van der Waals surface area (Å²) in [7, 11) is 1.80. The largest absolute Gasteiger partial charge is 0.380 e. The summed E-state index contributed by atoms with van der Waals surface area (Å²) in [5.74, 6) is 1.69. The molecule has 2 fully saturated rings. The lowest BCUT2D eigenvalue weighted by molar-refractivity contribution is -0.132. The van der Waals surface area contributed by atoms with E-state index >= 15 is 0 Å². The van der Waals surface area contributed by atoms with Crippen LogP contribution in [0.15, 0.2) is 35.1 Å². The number of amides is 1. The molecule has 3 aliphatic rings. The number of carbonyl (C=O) groups is 1. The Morgan fingerprint density at radius 3 is 2.71 bits per heavy atom. The Kier molecular flexibility index (Phi) is 4.16. The van der Waals surface area contributed by atoms with Crippen molar-refractivity contribution in [2.75, 3.05) is 13.2 Å². The van der Waals surface area contributed by atoms with Gasteiger partial charge in [0.15, 0.2) is 0 Å². The Bertz CT molecular complexity index is 1010. The van der Waals surface area contributed by atoms with Gasteiger partial charge in [0.2, 0.25) is 5.91 Å². The van der Waals surface area contributed by atoms with Gasteiger partial charge in [-0.3, -0.25) is 9.59 Å². The minimum atomic E-state index is 0.00421. The number of nitrogens with zero attached hydrogens (tertiary/aromatic N) is 2. The number of rotatable bonds is 4. The number of fused-ring (bicyclic) bond motifs is 1. The minimum absolute atomic E-state index is 0.00421. The van der Waals surface area contributed by atoms with Gasteiger partial charge in [-0.2, -0.15) is 0 Å². The molecule has 1 aliphatic carbocycles. The first-order valence-corrected chi connectivity index (χ1v) is 10.1. The lowest BCUT2D eigenvalue weighted by atomic mass is 9.94. The van der Waals surface area contributed by atoms with E-state index in [0.717, 1.165) is 36.5 Å². The first kappa shape index (κ1) is 17.7. The third-order valence-corrected chi connectivity index (χ3v) is 6.75. The zero-order chi connectivity index (χ0) is 19.4. The molecule has 2 unspecified atom stereocenters. The summed E-state index contributed by atoms with van der Waals surface area (Å²) >= 11 is 0. The fourth-order valence-electron chi connectivity index (χ4n) is 4.66. The normalized spacial score (nSPS) is 23.4. The zero-order valence-corrected chi connectivity index (χ0v) is 16.5. The molecule has 1 saturated carbocycles. The predicted octanol–water partition coefficient (Wildman–Crippen LogP) is 2.84. The van der Waals surface area contributed by atoms with Crippen molar-refractivity contribution in [2.45, 2.75) is 44.7 Å². The smallest absolute Gasteiger partial charge is 0.250 e. The van der Waals surface area contributed by atoms with E-state index in [1.807, 2.05) is 11.8 Å². The SMILES string of the molecule is Cc1cc(=O)n(C)c2c1CN(C(=O)CC1CC1c1cccc(C3COC3)c1)C2. The van der Waals surface area contributed by atoms with E-state index in [1.165, 1.54) is 11.1 Å². The van der Waals surface area contributed by atoms with E-state index in [0.29, 0.717) is 37.3 Å². The first-order chi connectivity index (χ1) is 13.5. The fourth-order valence-corrected chi connectivity index (χ4v) is 4.66. The molecule has 0 bridgehead atoms. The van der Waals surface area contributed by atoms with Crippen LogP contribution in [0.5, 0.6) is 0 Å². The molecule has 0 radical (unpaired) electrons. The second-order valence-electron chi connectivity index (χ2n) is 8.61. The molecular weight excluding hydrogens is 352 g/mol. The Hall–Kier alpha value is -2.40. The van der Waals surface area contributed by atoms with Crippen molar-refractivity contribution in [1.29, 1.82) is 0 Å². The molecule has 5 heteroatoms. The number of aromatic nitrogens is 1. The molecule has 1 aromatic heterocycles. The quantitative estimate of drug-likeness (QED) is 0.822. The van der Waals surface area contributed by atoms with Crippen LogP contribution in [0.25, 0.3) is 0 Å².